The van der Waals surface area contributed by atoms with Gasteiger partial charge in [0.05, 0.1) is 0 Å². The van der Waals surface area contributed by atoms with Gasteiger partial charge in [0, 0.05) is 28.5 Å². The van der Waals surface area contributed by atoms with Gasteiger partial charge in [-0.05, 0) is 49.7 Å². The van der Waals surface area contributed by atoms with Crippen molar-refractivity contribution in [3.8, 4) is 0 Å². The molecule has 0 saturated carbocycles. The van der Waals surface area contributed by atoms with Gasteiger partial charge >= 0.3 is 11.9 Å². The number of carboxylic acid groups (broad SMARTS) is 2. The molecule has 27 heavy (non-hydrogen) atoms. The zero-order valence-corrected chi connectivity index (χ0v) is 15.8. The third-order valence-electron chi connectivity index (χ3n) is 3.90. The molecule has 0 unspecified atom stereocenters. The number of hydrogen-bond donors (Lipinski definition) is 2. The third-order valence-corrected chi connectivity index (χ3v) is 5.03. The predicted octanol–water partition coefficient (Wildman–Crippen LogP) is 4.15. The van der Waals surface area contributed by atoms with Crippen molar-refractivity contribution in [1.29, 1.82) is 0 Å². The monoisotopic (exact) mass is 385 g/mol. The molecule has 1 aliphatic heterocycles. The maximum atomic E-state index is 9.55. The van der Waals surface area contributed by atoms with Gasteiger partial charge in [0.15, 0.2) is 0 Å². The highest BCUT2D eigenvalue weighted by molar-refractivity contribution is 7.99. The van der Waals surface area contributed by atoms with E-state index in [4.69, 9.17) is 10.2 Å². The van der Waals surface area contributed by atoms with Gasteiger partial charge < -0.3 is 10.2 Å². The summed E-state index contributed by atoms with van der Waals surface area (Å²) in [5, 5.41) is 15.6. The molecular formula is C21H23NO4S. The second kappa shape index (κ2) is 11.2. The summed E-state index contributed by atoms with van der Waals surface area (Å²) in [7, 11) is 0. The molecule has 142 valence electrons. The summed E-state index contributed by atoms with van der Waals surface area (Å²) in [5.74, 6) is -2.51. The maximum absolute atomic E-state index is 9.55. The fourth-order valence-electron chi connectivity index (χ4n) is 2.67. The van der Waals surface area contributed by atoms with Crippen molar-refractivity contribution in [3.05, 3.63) is 72.3 Å². The number of carboxylic acids is 2. The van der Waals surface area contributed by atoms with Gasteiger partial charge in [0.1, 0.15) is 0 Å². The molecule has 0 bridgehead atoms. The van der Waals surface area contributed by atoms with Crippen molar-refractivity contribution in [2.75, 3.05) is 13.1 Å². The first-order valence-corrected chi connectivity index (χ1v) is 9.53. The number of nitrogens with zero attached hydrogens (tertiary/aromatic N) is 1. The molecule has 1 heterocycles. The second-order valence-electron chi connectivity index (χ2n) is 6.02. The van der Waals surface area contributed by atoms with E-state index in [1.54, 1.807) is 0 Å². The van der Waals surface area contributed by atoms with Crippen molar-refractivity contribution < 1.29 is 19.8 Å². The summed E-state index contributed by atoms with van der Waals surface area (Å²) in [6, 6.07) is 19.4. The highest BCUT2D eigenvalue weighted by atomic mass is 32.2. The van der Waals surface area contributed by atoms with Gasteiger partial charge in [-0.15, -0.1) is 0 Å². The number of hydrogen-bond acceptors (Lipinski definition) is 4. The molecule has 1 saturated heterocycles. The van der Waals surface area contributed by atoms with Crippen LogP contribution in [0.1, 0.15) is 18.4 Å². The van der Waals surface area contributed by atoms with Gasteiger partial charge in [-0.3, -0.25) is 4.90 Å². The Bertz CT molecular complexity index is 755. The molecule has 1 aliphatic rings. The van der Waals surface area contributed by atoms with Crippen molar-refractivity contribution in [1.82, 2.24) is 4.90 Å². The lowest BCUT2D eigenvalue weighted by Gasteiger charge is -2.17. The molecule has 0 atom stereocenters. The minimum atomic E-state index is -1.26. The van der Waals surface area contributed by atoms with E-state index in [2.05, 4.69) is 59.5 Å². The summed E-state index contributed by atoms with van der Waals surface area (Å²) in [5.41, 5.74) is 1.46. The van der Waals surface area contributed by atoms with Crippen molar-refractivity contribution in [3.63, 3.8) is 0 Å². The van der Waals surface area contributed by atoms with Gasteiger partial charge in [-0.1, -0.05) is 48.2 Å². The average Bonchev–Trinajstić information content (AvgIpc) is 3.16. The highest BCUT2D eigenvalue weighted by Gasteiger charge is 2.13. The van der Waals surface area contributed by atoms with Crippen LogP contribution in [-0.2, 0) is 16.1 Å². The molecule has 6 heteroatoms. The van der Waals surface area contributed by atoms with Crippen LogP contribution >= 0.6 is 11.8 Å². The fraction of sp³-hybridized carbons (Fsp3) is 0.238. The first-order valence-electron chi connectivity index (χ1n) is 8.71. The maximum Gasteiger partial charge on any atom is 0.328 e. The van der Waals surface area contributed by atoms with Crippen LogP contribution < -0.4 is 0 Å². The number of aliphatic carboxylic acids is 2. The van der Waals surface area contributed by atoms with E-state index in [-0.39, 0.29) is 0 Å². The lowest BCUT2D eigenvalue weighted by Crippen LogP contribution is -2.18. The van der Waals surface area contributed by atoms with Crippen LogP contribution in [0.3, 0.4) is 0 Å². The van der Waals surface area contributed by atoms with Crippen molar-refractivity contribution in [2.45, 2.75) is 29.2 Å². The quantitative estimate of drug-likeness (QED) is 0.728. The van der Waals surface area contributed by atoms with E-state index in [1.165, 1.54) is 41.3 Å². The zero-order valence-electron chi connectivity index (χ0n) is 15.0. The van der Waals surface area contributed by atoms with Crippen molar-refractivity contribution in [2.24, 2.45) is 0 Å². The lowest BCUT2D eigenvalue weighted by atomic mass is 10.2. The summed E-state index contributed by atoms with van der Waals surface area (Å²) >= 11 is 1.87. The van der Waals surface area contributed by atoms with E-state index in [1.807, 2.05) is 11.8 Å². The molecule has 3 rings (SSSR count). The molecule has 5 nitrogen and oxygen atoms in total. The first-order chi connectivity index (χ1) is 13.0. The summed E-state index contributed by atoms with van der Waals surface area (Å²) in [6.07, 6.45) is 3.83. The van der Waals surface area contributed by atoms with Crippen LogP contribution in [-0.4, -0.2) is 40.1 Å². The molecule has 0 aromatic heterocycles. The Morgan fingerprint density at radius 2 is 1.44 bits per heavy atom. The molecule has 2 aromatic carbocycles. The van der Waals surface area contributed by atoms with Crippen molar-refractivity contribution >= 4 is 23.7 Å². The fourth-order valence-corrected chi connectivity index (χ4v) is 3.63. The molecule has 2 aromatic rings. The summed E-state index contributed by atoms with van der Waals surface area (Å²) in [4.78, 5) is 24.4. The Morgan fingerprint density at radius 1 is 0.889 bits per heavy atom. The van der Waals surface area contributed by atoms with Gasteiger partial charge in [-0.25, -0.2) is 9.59 Å². The van der Waals surface area contributed by atoms with Gasteiger partial charge in [-0.2, -0.15) is 0 Å². The Morgan fingerprint density at radius 3 is 2.04 bits per heavy atom. The van der Waals surface area contributed by atoms with Crippen LogP contribution in [0.25, 0.3) is 0 Å². The Kier molecular flexibility index (Phi) is 8.61. The Labute approximate surface area is 163 Å². The minimum Gasteiger partial charge on any atom is -0.478 e. The summed E-state index contributed by atoms with van der Waals surface area (Å²) < 4.78 is 0. The number of carbonyl (C=O) groups is 2. The Balaban J connectivity index is 0.000000279. The Hall–Kier alpha value is -2.57. The van der Waals surface area contributed by atoms with Gasteiger partial charge in [0.25, 0.3) is 0 Å². The third kappa shape index (κ3) is 8.11. The van der Waals surface area contributed by atoms with E-state index in [0.29, 0.717) is 12.2 Å². The minimum absolute atomic E-state index is 0.558. The molecule has 1 fully saturated rings. The lowest BCUT2D eigenvalue weighted by molar-refractivity contribution is -0.134. The number of rotatable bonds is 6. The van der Waals surface area contributed by atoms with Crippen LogP contribution in [0.2, 0.25) is 0 Å². The SMILES string of the molecule is O=C(O)/C=C/C(=O)O.c1ccc(Sc2ccccc2CN2CCCC2)cc1. The zero-order chi connectivity index (χ0) is 19.5. The van der Waals surface area contributed by atoms with E-state index < -0.39 is 11.9 Å². The molecule has 0 spiro atoms. The number of benzene rings is 2. The number of likely N-dealkylation sites (tertiary alicyclic amines) is 1. The standard InChI is InChI=1S/C17H19NS.C4H4O4/c1-2-9-16(10-3-1)19-17-11-5-4-8-15(17)14-18-12-6-7-13-18;5-3(6)1-2-4(7)8/h1-5,8-11H,6-7,12-14H2;1-2H,(H,5,6)(H,7,8)/b;2-1+. The normalized spacial score (nSPS) is 13.9. The van der Waals surface area contributed by atoms with E-state index in [9.17, 15) is 9.59 Å². The highest BCUT2D eigenvalue weighted by Crippen LogP contribution is 2.31. The van der Waals surface area contributed by atoms with Crippen LogP contribution in [0.5, 0.6) is 0 Å². The molecule has 2 N–H and O–H groups in total. The first kappa shape index (κ1) is 20.7. The molecule has 0 amide bonds. The molecule has 0 radical (unpaired) electrons. The molecular weight excluding hydrogens is 362 g/mol. The largest absolute Gasteiger partial charge is 0.478 e. The molecule has 0 aliphatic carbocycles. The van der Waals surface area contributed by atoms with E-state index in [0.717, 1.165) is 6.54 Å². The van der Waals surface area contributed by atoms with Gasteiger partial charge in [0.2, 0.25) is 0 Å². The van der Waals surface area contributed by atoms with Crippen LogP contribution in [0.15, 0.2) is 76.5 Å². The topological polar surface area (TPSA) is 77.8 Å². The van der Waals surface area contributed by atoms with Crippen LogP contribution in [0, 0.1) is 0 Å². The van der Waals surface area contributed by atoms with E-state index >= 15 is 0 Å². The second-order valence-corrected chi connectivity index (χ2v) is 7.13. The average molecular weight is 385 g/mol. The van der Waals surface area contributed by atoms with Crippen LogP contribution in [0.4, 0.5) is 0 Å². The smallest absolute Gasteiger partial charge is 0.328 e. The summed E-state index contributed by atoms with van der Waals surface area (Å²) in [6.45, 7) is 3.60. The predicted molar refractivity (Wildman–Crippen MR) is 106 cm³/mol.